The van der Waals surface area contributed by atoms with Crippen molar-refractivity contribution in [2.45, 2.75) is 0 Å². The Morgan fingerprint density at radius 3 is 3.00 bits per heavy atom. The van der Waals surface area contributed by atoms with E-state index in [0.29, 0.717) is 11.6 Å². The number of halogens is 1. The number of ether oxygens (including phenoxy) is 1. The zero-order valence-corrected chi connectivity index (χ0v) is 7.70. The van der Waals surface area contributed by atoms with Crippen molar-refractivity contribution < 1.29 is 9.13 Å². The Morgan fingerprint density at radius 1 is 1.71 bits per heavy atom. The van der Waals surface area contributed by atoms with Gasteiger partial charge in [-0.25, -0.2) is 9.37 Å². The van der Waals surface area contributed by atoms with Gasteiger partial charge >= 0.3 is 0 Å². The summed E-state index contributed by atoms with van der Waals surface area (Å²) < 4.78 is 16.7. The molecule has 0 spiro atoms. The third-order valence-corrected chi connectivity index (χ3v) is 1.41. The SMILES string of the molecule is COc1ccc(N/N=C(\N)CF)cn1. The molecule has 0 aliphatic heterocycles. The molecule has 0 saturated carbocycles. The van der Waals surface area contributed by atoms with Crippen LogP contribution < -0.4 is 15.9 Å². The van der Waals surface area contributed by atoms with Gasteiger partial charge in [0.1, 0.15) is 6.67 Å². The molecular formula is C8H11FN4O. The molecule has 1 aromatic rings. The van der Waals surface area contributed by atoms with Crippen LogP contribution in [0.2, 0.25) is 0 Å². The Bertz CT molecular complexity index is 312. The van der Waals surface area contributed by atoms with E-state index in [1.54, 1.807) is 12.1 Å². The second-order valence-electron chi connectivity index (χ2n) is 2.44. The summed E-state index contributed by atoms with van der Waals surface area (Å²) in [7, 11) is 1.52. The highest BCUT2D eigenvalue weighted by Crippen LogP contribution is 2.10. The fourth-order valence-electron chi connectivity index (χ4n) is 0.733. The fourth-order valence-corrected chi connectivity index (χ4v) is 0.733. The summed E-state index contributed by atoms with van der Waals surface area (Å²) in [5.74, 6) is 0.388. The first-order valence-electron chi connectivity index (χ1n) is 3.90. The Hall–Kier alpha value is -1.85. The molecule has 0 fully saturated rings. The molecule has 0 amide bonds. The normalized spacial score (nSPS) is 11.1. The molecule has 1 aromatic heterocycles. The van der Waals surface area contributed by atoms with E-state index in [1.165, 1.54) is 13.3 Å². The number of hydrogen-bond acceptors (Lipinski definition) is 4. The van der Waals surface area contributed by atoms with Crippen molar-refractivity contribution in [3.63, 3.8) is 0 Å². The molecule has 14 heavy (non-hydrogen) atoms. The van der Waals surface area contributed by atoms with Crippen LogP contribution in [0.5, 0.6) is 5.88 Å². The van der Waals surface area contributed by atoms with Gasteiger partial charge in [-0.1, -0.05) is 0 Å². The van der Waals surface area contributed by atoms with Crippen LogP contribution in [0.15, 0.2) is 23.4 Å². The van der Waals surface area contributed by atoms with Gasteiger partial charge in [0.25, 0.3) is 0 Å². The summed E-state index contributed by atoms with van der Waals surface area (Å²) in [6, 6.07) is 3.35. The predicted molar refractivity (Wildman–Crippen MR) is 52.0 cm³/mol. The number of pyridine rings is 1. The lowest BCUT2D eigenvalue weighted by Crippen LogP contribution is -2.15. The van der Waals surface area contributed by atoms with Crippen LogP contribution in [0.1, 0.15) is 0 Å². The van der Waals surface area contributed by atoms with Crippen molar-refractivity contribution in [1.82, 2.24) is 4.98 Å². The van der Waals surface area contributed by atoms with Crippen LogP contribution in [0.25, 0.3) is 0 Å². The quantitative estimate of drug-likeness (QED) is 0.425. The maximum absolute atomic E-state index is 11.9. The van der Waals surface area contributed by atoms with Gasteiger partial charge in [-0.05, 0) is 6.07 Å². The summed E-state index contributed by atoms with van der Waals surface area (Å²) in [4.78, 5) is 3.91. The fraction of sp³-hybridized carbons (Fsp3) is 0.250. The second-order valence-corrected chi connectivity index (χ2v) is 2.44. The Kier molecular flexibility index (Phi) is 3.66. The number of nitrogens with two attached hydrogens (primary N) is 1. The first-order valence-corrected chi connectivity index (χ1v) is 3.90. The topological polar surface area (TPSA) is 72.5 Å². The van der Waals surface area contributed by atoms with Gasteiger partial charge in [0.15, 0.2) is 5.84 Å². The number of amidine groups is 1. The van der Waals surface area contributed by atoms with Crippen LogP contribution in [-0.2, 0) is 0 Å². The van der Waals surface area contributed by atoms with Crippen molar-refractivity contribution >= 4 is 11.5 Å². The van der Waals surface area contributed by atoms with Gasteiger partial charge in [0, 0.05) is 6.07 Å². The van der Waals surface area contributed by atoms with E-state index in [0.717, 1.165) is 0 Å². The van der Waals surface area contributed by atoms with Crippen molar-refractivity contribution in [1.29, 1.82) is 0 Å². The molecule has 0 unspecified atom stereocenters. The molecule has 0 aliphatic rings. The number of nitrogens with one attached hydrogen (secondary N) is 1. The van der Waals surface area contributed by atoms with Gasteiger partial charge in [-0.15, -0.1) is 0 Å². The van der Waals surface area contributed by atoms with Crippen LogP contribution in [-0.4, -0.2) is 24.6 Å². The first kappa shape index (κ1) is 10.2. The Morgan fingerprint density at radius 2 is 2.50 bits per heavy atom. The molecule has 76 valence electrons. The van der Waals surface area contributed by atoms with Gasteiger partial charge in [-0.3, -0.25) is 5.43 Å². The van der Waals surface area contributed by atoms with Crippen molar-refractivity contribution in [3.05, 3.63) is 18.3 Å². The van der Waals surface area contributed by atoms with Crippen LogP contribution >= 0.6 is 0 Å². The summed E-state index contributed by atoms with van der Waals surface area (Å²) in [6.45, 7) is -0.781. The van der Waals surface area contributed by atoms with Crippen molar-refractivity contribution in [2.75, 3.05) is 19.2 Å². The summed E-state index contributed by atoms with van der Waals surface area (Å²) >= 11 is 0. The minimum absolute atomic E-state index is 0.110. The highest BCUT2D eigenvalue weighted by Gasteiger charge is 1.94. The van der Waals surface area contributed by atoms with Crippen LogP contribution in [0.3, 0.4) is 0 Å². The minimum Gasteiger partial charge on any atom is -0.481 e. The highest BCUT2D eigenvalue weighted by molar-refractivity contribution is 5.82. The molecule has 1 rings (SSSR count). The first-order chi connectivity index (χ1) is 6.76. The molecule has 0 radical (unpaired) electrons. The van der Waals surface area contributed by atoms with Crippen molar-refractivity contribution in [3.8, 4) is 5.88 Å². The summed E-state index contributed by atoms with van der Waals surface area (Å²) in [5.41, 5.74) is 8.31. The average molecular weight is 198 g/mol. The highest BCUT2D eigenvalue weighted by atomic mass is 19.1. The van der Waals surface area contributed by atoms with Gasteiger partial charge < -0.3 is 10.5 Å². The molecule has 3 N–H and O–H groups in total. The third kappa shape index (κ3) is 2.89. The number of rotatable bonds is 4. The molecule has 0 aliphatic carbocycles. The summed E-state index contributed by atoms with van der Waals surface area (Å²) in [5, 5.41) is 3.56. The smallest absolute Gasteiger partial charge is 0.213 e. The lowest BCUT2D eigenvalue weighted by atomic mass is 10.4. The van der Waals surface area contributed by atoms with E-state index in [1.807, 2.05) is 0 Å². The molecule has 1 heterocycles. The van der Waals surface area contributed by atoms with E-state index >= 15 is 0 Å². The molecule has 6 heteroatoms. The third-order valence-electron chi connectivity index (χ3n) is 1.41. The van der Waals surface area contributed by atoms with Crippen molar-refractivity contribution in [2.24, 2.45) is 10.8 Å². The van der Waals surface area contributed by atoms with E-state index in [-0.39, 0.29) is 5.84 Å². The molecule has 0 aromatic carbocycles. The lowest BCUT2D eigenvalue weighted by Gasteiger charge is -2.01. The largest absolute Gasteiger partial charge is 0.481 e. The zero-order chi connectivity index (χ0) is 10.4. The molecule has 0 bridgehead atoms. The number of anilines is 1. The molecule has 5 nitrogen and oxygen atoms in total. The van der Waals surface area contributed by atoms with Crippen LogP contribution in [0.4, 0.5) is 10.1 Å². The zero-order valence-electron chi connectivity index (χ0n) is 7.70. The number of methoxy groups -OCH3 is 1. The monoisotopic (exact) mass is 198 g/mol. The predicted octanol–water partition coefficient (Wildman–Crippen LogP) is 0.744. The Labute approximate surface area is 80.8 Å². The van der Waals surface area contributed by atoms with E-state index in [9.17, 15) is 4.39 Å². The number of nitrogens with zero attached hydrogens (tertiary/aromatic N) is 2. The van der Waals surface area contributed by atoms with E-state index < -0.39 is 6.67 Å². The molecule has 0 atom stereocenters. The molecular weight excluding hydrogens is 187 g/mol. The van der Waals surface area contributed by atoms with Gasteiger partial charge in [-0.2, -0.15) is 5.10 Å². The van der Waals surface area contributed by atoms with E-state index in [4.69, 9.17) is 10.5 Å². The minimum atomic E-state index is -0.781. The number of aromatic nitrogens is 1. The van der Waals surface area contributed by atoms with Crippen LogP contribution in [0, 0.1) is 0 Å². The van der Waals surface area contributed by atoms with Gasteiger partial charge in [0.05, 0.1) is 19.0 Å². The number of alkyl halides is 1. The lowest BCUT2D eigenvalue weighted by molar-refractivity contribution is 0.398. The number of hydrazone groups is 1. The Balaban J connectivity index is 2.60. The summed E-state index contributed by atoms with van der Waals surface area (Å²) in [6.07, 6.45) is 1.51. The average Bonchev–Trinajstić information content (AvgIpc) is 2.26. The maximum Gasteiger partial charge on any atom is 0.213 e. The second kappa shape index (κ2) is 5.00. The van der Waals surface area contributed by atoms with E-state index in [2.05, 4.69) is 15.5 Å². The maximum atomic E-state index is 11.9. The number of hydrogen-bond donors (Lipinski definition) is 2. The molecule has 0 saturated heterocycles. The standard InChI is InChI=1S/C8H11FN4O/c1-14-8-3-2-6(5-11-8)12-13-7(10)4-9/h2-3,5,12H,4H2,1H3,(H2,10,13). The van der Waals surface area contributed by atoms with Gasteiger partial charge in [0.2, 0.25) is 5.88 Å².